The number of aliphatic hydroxyl groups is 4. The van der Waals surface area contributed by atoms with Gasteiger partial charge in [0, 0.05) is 36.6 Å². The van der Waals surface area contributed by atoms with E-state index in [9.17, 15) is 30.0 Å². The molecule has 1 unspecified atom stereocenters. The Bertz CT molecular complexity index is 1440. The van der Waals surface area contributed by atoms with Crippen molar-refractivity contribution in [2.24, 2.45) is 28.8 Å². The van der Waals surface area contributed by atoms with Crippen molar-refractivity contribution in [2.45, 2.75) is 180 Å². The molecule has 0 radical (unpaired) electrons. The summed E-state index contributed by atoms with van der Waals surface area (Å²) >= 11 is 0. The third-order valence-corrected chi connectivity index (χ3v) is 12.1. The van der Waals surface area contributed by atoms with E-state index in [4.69, 9.17) is 28.5 Å². The number of cyclic esters (lactones) is 1. The molecule has 2 aliphatic heterocycles. The lowest BCUT2D eigenvalue weighted by Gasteiger charge is -2.47. The number of likely N-dealkylation sites (N-methyl/N-ethyl adjacent to an activating group) is 1. The zero-order valence-electron chi connectivity index (χ0n) is 37.5. The van der Waals surface area contributed by atoms with Gasteiger partial charge in [0.2, 0.25) is 0 Å². The molecule has 0 amide bonds. The fraction of sp³-hybridized carbons (Fsp3) is 0.800. The first-order valence-electron chi connectivity index (χ1n) is 21.8. The molecule has 14 nitrogen and oxygen atoms in total. The molecule has 2 aliphatic rings. The fourth-order valence-electron chi connectivity index (χ4n) is 8.65. The minimum atomic E-state index is -1.95. The van der Waals surface area contributed by atoms with E-state index in [1.165, 1.54) is 6.92 Å². The van der Waals surface area contributed by atoms with Gasteiger partial charge in [-0.25, -0.2) is 0 Å². The molecular weight excluding hydrogens is 760 g/mol. The number of rotatable bonds is 16. The van der Waals surface area contributed by atoms with Gasteiger partial charge < -0.3 is 53.8 Å². The Labute approximate surface area is 352 Å². The van der Waals surface area contributed by atoms with Gasteiger partial charge in [-0.1, -0.05) is 77.2 Å². The first-order valence-corrected chi connectivity index (χ1v) is 21.8. The number of oxime groups is 1. The summed E-state index contributed by atoms with van der Waals surface area (Å²) in [5.41, 5.74) is -3.35. The first kappa shape index (κ1) is 50.5. The lowest BCUT2D eigenvalue weighted by molar-refractivity contribution is -0.299. The number of carbonyl (C=O) groups excluding carboxylic acids is 2. The summed E-state index contributed by atoms with van der Waals surface area (Å²) < 4.78 is 30.8. The van der Waals surface area contributed by atoms with E-state index in [0.29, 0.717) is 31.6 Å². The van der Waals surface area contributed by atoms with Gasteiger partial charge in [0.25, 0.3) is 0 Å². The summed E-state index contributed by atoms with van der Waals surface area (Å²) in [5, 5.41) is 52.6. The summed E-state index contributed by atoms with van der Waals surface area (Å²) in [4.78, 5) is 35.4. The van der Waals surface area contributed by atoms with Gasteiger partial charge in [0.1, 0.15) is 36.3 Å². The Morgan fingerprint density at radius 1 is 0.949 bits per heavy atom. The molecule has 1 aromatic carbocycles. The number of hydrogen-bond acceptors (Lipinski definition) is 14. The van der Waals surface area contributed by atoms with Gasteiger partial charge >= 0.3 is 11.9 Å². The Kier molecular flexibility index (Phi) is 20.0. The molecule has 338 valence electrons. The van der Waals surface area contributed by atoms with Gasteiger partial charge in [-0.05, 0) is 79.6 Å². The number of nitrogens with zero attached hydrogens (tertiary/aromatic N) is 2. The average Bonchev–Trinajstić information content (AvgIpc) is 3.18. The lowest BCUT2D eigenvalue weighted by Crippen LogP contribution is -2.60. The van der Waals surface area contributed by atoms with Crippen LogP contribution in [0.15, 0.2) is 35.5 Å². The molecule has 14 heteroatoms. The Balaban J connectivity index is 2.10. The summed E-state index contributed by atoms with van der Waals surface area (Å²) in [6, 6.07) is 9.09. The van der Waals surface area contributed by atoms with Gasteiger partial charge in [0.05, 0.1) is 42.1 Å². The van der Waals surface area contributed by atoms with E-state index in [2.05, 4.69) is 12.1 Å². The molecule has 0 saturated carbocycles. The predicted molar refractivity (Wildman–Crippen MR) is 225 cm³/mol. The molecule has 0 bridgehead atoms. The lowest BCUT2D eigenvalue weighted by atomic mass is 9.73. The van der Waals surface area contributed by atoms with Crippen molar-refractivity contribution in [2.75, 3.05) is 27.3 Å². The van der Waals surface area contributed by atoms with Crippen LogP contribution >= 0.6 is 0 Å². The highest BCUT2D eigenvalue weighted by Crippen LogP contribution is 2.39. The summed E-state index contributed by atoms with van der Waals surface area (Å²) in [6.07, 6.45) is -2.85. The number of unbranched alkanes of at least 4 members (excludes halogenated alkanes) is 3. The Hall–Kier alpha value is -2.85. The molecule has 0 spiro atoms. The molecule has 14 atom stereocenters. The van der Waals surface area contributed by atoms with Crippen molar-refractivity contribution < 1.29 is 58.5 Å². The number of esters is 2. The molecule has 1 aromatic rings. The number of para-hydroxylation sites is 1. The topological polar surface area (TPSA) is 186 Å². The first-order chi connectivity index (χ1) is 27.8. The Morgan fingerprint density at radius 2 is 1.63 bits per heavy atom. The van der Waals surface area contributed by atoms with E-state index in [0.717, 1.165) is 25.0 Å². The second kappa shape index (κ2) is 23.4. The third-order valence-electron chi connectivity index (χ3n) is 12.1. The predicted octanol–water partition coefficient (Wildman–Crippen LogP) is 5.65. The largest absolute Gasteiger partial charge is 0.493 e. The van der Waals surface area contributed by atoms with Crippen molar-refractivity contribution in [3.63, 3.8) is 0 Å². The van der Waals surface area contributed by atoms with Crippen LogP contribution in [0.25, 0.3) is 0 Å². The number of carbonyl (C=O) groups is 2. The minimum absolute atomic E-state index is 0.0102. The highest BCUT2D eigenvalue weighted by Gasteiger charge is 2.52. The number of ether oxygens (including phenoxy) is 5. The molecule has 2 heterocycles. The molecule has 0 aromatic heterocycles. The minimum Gasteiger partial charge on any atom is -0.493 e. The van der Waals surface area contributed by atoms with Crippen LogP contribution in [0.2, 0.25) is 0 Å². The summed E-state index contributed by atoms with van der Waals surface area (Å²) in [6.45, 7) is 16.1. The fourth-order valence-corrected chi connectivity index (χ4v) is 8.65. The van der Waals surface area contributed by atoms with Crippen LogP contribution in [0.5, 0.6) is 5.75 Å². The van der Waals surface area contributed by atoms with Crippen molar-refractivity contribution >= 4 is 17.7 Å². The second-order valence-corrected chi connectivity index (χ2v) is 17.7. The van der Waals surface area contributed by atoms with Crippen LogP contribution < -0.4 is 4.74 Å². The average molecular weight is 837 g/mol. The van der Waals surface area contributed by atoms with Crippen LogP contribution in [-0.2, 0) is 33.4 Å². The van der Waals surface area contributed by atoms with Crippen molar-refractivity contribution in [3.8, 4) is 5.75 Å². The van der Waals surface area contributed by atoms with E-state index >= 15 is 0 Å². The summed E-state index contributed by atoms with van der Waals surface area (Å²) in [7, 11) is 3.73. The molecule has 2 saturated heterocycles. The molecule has 2 fully saturated rings. The van der Waals surface area contributed by atoms with E-state index in [1.54, 1.807) is 34.6 Å². The van der Waals surface area contributed by atoms with Crippen LogP contribution in [0.4, 0.5) is 0 Å². The number of aliphatic hydroxyl groups excluding tert-OH is 2. The smallest absolute Gasteiger partial charge is 0.312 e. The summed E-state index contributed by atoms with van der Waals surface area (Å²) in [5.74, 6) is -3.92. The van der Waals surface area contributed by atoms with Crippen LogP contribution in [-0.4, -0.2) is 130 Å². The van der Waals surface area contributed by atoms with Gasteiger partial charge in [-0.15, -0.1) is 0 Å². The zero-order valence-corrected chi connectivity index (χ0v) is 37.5. The highest BCUT2D eigenvalue weighted by molar-refractivity contribution is 5.88. The SMILES string of the molecule is CCCCCCC(=O)O[C@H]1[C@H](C)[C@@H](O[C@@H]2O[C@H](C)C[C@H](N(C)C)[C@H]2O)C(C)(O)C[C@@H](C)/C(=N\OCCCOc2ccccc2)[C@H](C)[C@@H](O)[C@](C)(O)[C@@H](CC)OC(=O)[C@@H]1C. The maximum Gasteiger partial charge on any atom is 0.312 e. The molecular formula is C45H76N2O12. The second-order valence-electron chi connectivity index (χ2n) is 17.7. The molecule has 4 N–H and O–H groups in total. The standard InChI is InChI=1S/C45H76N2O12/c1-12-14-15-19-23-36(48)58-39-31(6)41(59-43-38(49)34(47(10)11)26-29(4)56-43)44(8,52)27-28(3)37(46-55-25-20-24-54-33-21-17-16-18-22-33)30(5)40(50)45(9,53)35(13-2)57-42(51)32(39)7/h16-18,21-22,28-32,34-35,38-41,43,49-50,52-53H,12-15,19-20,23-27H2,1-11H3/b46-37+/t28-,29-,30+,31+,32-,34+,35-,38-,39+,40-,41-,43+,44?,45-/m1/s1. The van der Waals surface area contributed by atoms with E-state index in [-0.39, 0.29) is 38.0 Å². The van der Waals surface area contributed by atoms with E-state index < -0.39 is 83.6 Å². The maximum absolute atomic E-state index is 14.1. The van der Waals surface area contributed by atoms with Crippen LogP contribution in [0.1, 0.15) is 120 Å². The monoisotopic (exact) mass is 837 g/mol. The van der Waals surface area contributed by atoms with Crippen LogP contribution in [0.3, 0.4) is 0 Å². The van der Waals surface area contributed by atoms with Crippen molar-refractivity contribution in [1.29, 1.82) is 0 Å². The molecule has 3 rings (SSSR count). The zero-order chi connectivity index (χ0) is 44.1. The number of benzene rings is 1. The van der Waals surface area contributed by atoms with Crippen LogP contribution in [0, 0.1) is 23.7 Å². The van der Waals surface area contributed by atoms with Gasteiger partial charge in [-0.3, -0.25) is 9.59 Å². The third kappa shape index (κ3) is 14.1. The van der Waals surface area contributed by atoms with Crippen molar-refractivity contribution in [3.05, 3.63) is 30.3 Å². The number of hydrogen-bond donors (Lipinski definition) is 4. The van der Waals surface area contributed by atoms with Gasteiger partial charge in [0.15, 0.2) is 6.29 Å². The quantitative estimate of drug-likeness (QED) is 0.0910. The van der Waals surface area contributed by atoms with Gasteiger partial charge in [-0.2, -0.15) is 0 Å². The Morgan fingerprint density at radius 3 is 2.25 bits per heavy atom. The van der Waals surface area contributed by atoms with E-state index in [1.807, 2.05) is 63.2 Å². The highest BCUT2D eigenvalue weighted by atomic mass is 16.7. The molecule has 0 aliphatic carbocycles. The van der Waals surface area contributed by atoms with Crippen molar-refractivity contribution in [1.82, 2.24) is 4.90 Å². The maximum atomic E-state index is 14.1. The molecule has 59 heavy (non-hydrogen) atoms. The normalized spacial score (nSPS) is 37.1.